The van der Waals surface area contributed by atoms with Crippen molar-refractivity contribution in [2.24, 2.45) is 5.92 Å². The molecule has 0 saturated carbocycles. The number of benzene rings is 3. The second kappa shape index (κ2) is 13.3. The van der Waals surface area contributed by atoms with Crippen LogP contribution in [0.4, 0.5) is 11.4 Å². The molecule has 0 radical (unpaired) electrons. The maximum atomic E-state index is 12.8. The number of rotatable bonds is 13. The number of carbonyl (C=O) groups is 2. The number of carboxylic acids is 1. The van der Waals surface area contributed by atoms with E-state index >= 15 is 0 Å². The first-order chi connectivity index (χ1) is 17.3. The summed E-state index contributed by atoms with van der Waals surface area (Å²) in [5.74, 6) is -0.0372. The van der Waals surface area contributed by atoms with Crippen molar-refractivity contribution in [1.29, 1.82) is 0 Å². The highest BCUT2D eigenvalue weighted by molar-refractivity contribution is 6.06. The molecule has 1 amide bonds. The molecule has 0 unspecified atom stereocenters. The Morgan fingerprint density at radius 3 is 2.28 bits per heavy atom. The average Bonchev–Trinajstić information content (AvgIpc) is 2.86. The molecular formula is C30H36N2O4. The molecule has 0 bridgehead atoms. The van der Waals surface area contributed by atoms with E-state index in [-0.39, 0.29) is 18.9 Å². The van der Waals surface area contributed by atoms with Gasteiger partial charge in [-0.25, -0.2) is 0 Å². The molecule has 36 heavy (non-hydrogen) atoms. The standard InChI is InChI=1S/C30H36N2O4/c1-22(2)21-24-12-16-26(17-13-24)32(3)19-18-23-10-14-25(15-11-23)31-30(35)27-7-4-5-8-28(27)36-20-6-9-29(33)34/h4-5,7-8,10-17,22H,6,9,18-21H2,1-3H3,(H,31,35)(H,33,34). The molecule has 0 spiro atoms. The molecule has 6 heteroatoms. The van der Waals surface area contributed by atoms with Crippen LogP contribution in [0.1, 0.15) is 48.2 Å². The van der Waals surface area contributed by atoms with Crippen LogP contribution < -0.4 is 15.0 Å². The number of nitrogens with one attached hydrogen (secondary N) is 1. The second-order valence-corrected chi connectivity index (χ2v) is 9.43. The van der Waals surface area contributed by atoms with E-state index in [1.54, 1.807) is 24.3 Å². The van der Waals surface area contributed by atoms with Crippen molar-refractivity contribution in [3.8, 4) is 5.75 Å². The van der Waals surface area contributed by atoms with E-state index in [0.717, 1.165) is 19.4 Å². The number of nitrogens with zero attached hydrogens (tertiary/aromatic N) is 1. The Morgan fingerprint density at radius 1 is 0.944 bits per heavy atom. The fraction of sp³-hybridized carbons (Fsp3) is 0.333. The van der Waals surface area contributed by atoms with Gasteiger partial charge in [0, 0.05) is 31.4 Å². The molecule has 0 heterocycles. The Hall–Kier alpha value is -3.80. The summed E-state index contributed by atoms with van der Waals surface area (Å²) >= 11 is 0. The third kappa shape index (κ3) is 8.45. The number of carbonyl (C=O) groups excluding carboxylic acids is 1. The first-order valence-electron chi connectivity index (χ1n) is 12.5. The second-order valence-electron chi connectivity index (χ2n) is 9.43. The Balaban J connectivity index is 1.51. The van der Waals surface area contributed by atoms with Gasteiger partial charge in [-0.05, 0) is 72.7 Å². The summed E-state index contributed by atoms with van der Waals surface area (Å²) in [6.45, 7) is 5.60. The summed E-state index contributed by atoms with van der Waals surface area (Å²) < 4.78 is 5.65. The molecule has 3 aromatic rings. The topological polar surface area (TPSA) is 78.9 Å². The molecule has 0 saturated heterocycles. The summed E-state index contributed by atoms with van der Waals surface area (Å²) in [6, 6.07) is 23.6. The predicted molar refractivity (Wildman–Crippen MR) is 145 cm³/mol. The lowest BCUT2D eigenvalue weighted by Crippen LogP contribution is -2.20. The van der Waals surface area contributed by atoms with Crippen LogP contribution in [0.2, 0.25) is 0 Å². The minimum absolute atomic E-state index is 0.0289. The van der Waals surface area contributed by atoms with Crippen LogP contribution in [0.5, 0.6) is 5.75 Å². The van der Waals surface area contributed by atoms with E-state index in [1.165, 1.54) is 16.8 Å². The molecule has 2 N–H and O–H groups in total. The maximum absolute atomic E-state index is 12.8. The van der Waals surface area contributed by atoms with Gasteiger partial charge < -0.3 is 20.1 Å². The average molecular weight is 489 g/mol. The minimum Gasteiger partial charge on any atom is -0.493 e. The summed E-state index contributed by atoms with van der Waals surface area (Å²) in [7, 11) is 2.10. The Morgan fingerprint density at radius 2 is 1.61 bits per heavy atom. The summed E-state index contributed by atoms with van der Waals surface area (Å²) in [5.41, 5.74) is 4.89. The van der Waals surface area contributed by atoms with E-state index in [4.69, 9.17) is 9.84 Å². The van der Waals surface area contributed by atoms with Gasteiger partial charge in [0.05, 0.1) is 12.2 Å². The van der Waals surface area contributed by atoms with Gasteiger partial charge in [0.15, 0.2) is 0 Å². The highest BCUT2D eigenvalue weighted by Crippen LogP contribution is 2.21. The number of hydrogen-bond donors (Lipinski definition) is 2. The van der Waals surface area contributed by atoms with Crippen LogP contribution in [0, 0.1) is 5.92 Å². The van der Waals surface area contributed by atoms with Crippen molar-refractivity contribution in [1.82, 2.24) is 0 Å². The summed E-state index contributed by atoms with van der Waals surface area (Å²) in [5, 5.41) is 11.7. The van der Waals surface area contributed by atoms with Gasteiger partial charge in [-0.15, -0.1) is 0 Å². The van der Waals surface area contributed by atoms with Crippen molar-refractivity contribution in [2.45, 2.75) is 39.5 Å². The van der Waals surface area contributed by atoms with Gasteiger partial charge >= 0.3 is 5.97 Å². The molecule has 0 aliphatic carbocycles. The number of aliphatic carboxylic acids is 1. The quantitative estimate of drug-likeness (QED) is 0.286. The zero-order valence-electron chi connectivity index (χ0n) is 21.4. The number of ether oxygens (including phenoxy) is 1. The van der Waals surface area contributed by atoms with Gasteiger partial charge in [0.25, 0.3) is 5.91 Å². The van der Waals surface area contributed by atoms with E-state index < -0.39 is 5.97 Å². The van der Waals surface area contributed by atoms with E-state index in [0.29, 0.717) is 29.3 Å². The minimum atomic E-state index is -0.865. The smallest absolute Gasteiger partial charge is 0.303 e. The molecule has 190 valence electrons. The lowest BCUT2D eigenvalue weighted by atomic mass is 10.0. The van der Waals surface area contributed by atoms with E-state index in [9.17, 15) is 9.59 Å². The molecule has 3 aromatic carbocycles. The van der Waals surface area contributed by atoms with Crippen LogP contribution in [0.3, 0.4) is 0 Å². The molecule has 0 aliphatic heterocycles. The third-order valence-corrected chi connectivity index (χ3v) is 5.89. The first-order valence-corrected chi connectivity index (χ1v) is 12.5. The van der Waals surface area contributed by atoms with Crippen LogP contribution >= 0.6 is 0 Å². The third-order valence-electron chi connectivity index (χ3n) is 5.89. The number of hydrogen-bond acceptors (Lipinski definition) is 4. The fourth-order valence-corrected chi connectivity index (χ4v) is 3.92. The molecule has 0 aliphatic rings. The Labute approximate surface area is 213 Å². The molecular weight excluding hydrogens is 452 g/mol. The number of amides is 1. The molecule has 0 atom stereocenters. The lowest BCUT2D eigenvalue weighted by molar-refractivity contribution is -0.137. The maximum Gasteiger partial charge on any atom is 0.303 e. The summed E-state index contributed by atoms with van der Waals surface area (Å²) in [6.07, 6.45) is 2.40. The van der Waals surface area contributed by atoms with Gasteiger partial charge in [-0.1, -0.05) is 50.2 Å². The zero-order valence-corrected chi connectivity index (χ0v) is 21.4. The van der Waals surface area contributed by atoms with Gasteiger partial charge in [0.1, 0.15) is 5.75 Å². The number of anilines is 2. The molecule has 0 aromatic heterocycles. The highest BCUT2D eigenvalue weighted by atomic mass is 16.5. The van der Waals surface area contributed by atoms with E-state index in [1.807, 2.05) is 24.3 Å². The number of carboxylic acid groups (broad SMARTS) is 1. The first kappa shape index (κ1) is 26.8. The van der Waals surface area contributed by atoms with Crippen molar-refractivity contribution in [2.75, 3.05) is 30.4 Å². The molecule has 0 fully saturated rings. The highest BCUT2D eigenvalue weighted by Gasteiger charge is 2.13. The Bertz CT molecular complexity index is 1120. The monoisotopic (exact) mass is 488 g/mol. The largest absolute Gasteiger partial charge is 0.493 e. The van der Waals surface area contributed by atoms with Crippen molar-refractivity contribution < 1.29 is 19.4 Å². The molecule has 6 nitrogen and oxygen atoms in total. The SMILES string of the molecule is CC(C)Cc1ccc(N(C)CCc2ccc(NC(=O)c3ccccc3OCCCC(=O)O)cc2)cc1. The van der Waals surface area contributed by atoms with Crippen molar-refractivity contribution in [3.63, 3.8) is 0 Å². The van der Waals surface area contributed by atoms with Gasteiger partial charge in [0.2, 0.25) is 0 Å². The number of likely N-dealkylation sites (N-methyl/N-ethyl adjacent to an activating group) is 1. The van der Waals surface area contributed by atoms with Crippen LogP contribution in [0.25, 0.3) is 0 Å². The van der Waals surface area contributed by atoms with Gasteiger partial charge in [-0.3, -0.25) is 9.59 Å². The van der Waals surface area contributed by atoms with Crippen LogP contribution in [-0.2, 0) is 17.6 Å². The Kier molecular flexibility index (Phi) is 9.92. The van der Waals surface area contributed by atoms with Crippen LogP contribution in [0.15, 0.2) is 72.8 Å². The normalized spacial score (nSPS) is 10.8. The van der Waals surface area contributed by atoms with Crippen molar-refractivity contribution >= 4 is 23.3 Å². The zero-order chi connectivity index (χ0) is 25.9. The van der Waals surface area contributed by atoms with Gasteiger partial charge in [-0.2, -0.15) is 0 Å². The molecule has 3 rings (SSSR count). The number of para-hydroxylation sites is 1. The summed E-state index contributed by atoms with van der Waals surface area (Å²) in [4.78, 5) is 25.7. The lowest BCUT2D eigenvalue weighted by Gasteiger charge is -2.20. The predicted octanol–water partition coefficient (Wildman–Crippen LogP) is 6.06. The van der Waals surface area contributed by atoms with Crippen molar-refractivity contribution in [3.05, 3.63) is 89.5 Å². The van der Waals surface area contributed by atoms with E-state index in [2.05, 4.69) is 55.4 Å². The van der Waals surface area contributed by atoms with Crippen LogP contribution in [-0.4, -0.2) is 37.2 Å². The fourth-order valence-electron chi connectivity index (χ4n) is 3.92.